The minimum absolute atomic E-state index is 0.00787. The molecule has 6 nitrogen and oxygen atoms in total. The third-order valence-electron chi connectivity index (χ3n) is 5.18. The van der Waals surface area contributed by atoms with Crippen LogP contribution in [-0.2, 0) is 4.79 Å². The molecule has 3 N–H and O–H groups in total. The topological polar surface area (TPSA) is 83.5 Å². The Bertz CT molecular complexity index is 871. The van der Waals surface area contributed by atoms with Crippen molar-refractivity contribution in [2.75, 3.05) is 6.61 Å². The molecule has 9 heteroatoms. The number of aliphatic hydroxyl groups is 1. The van der Waals surface area contributed by atoms with Crippen molar-refractivity contribution in [3.05, 3.63) is 45.1 Å². The molecule has 2 aromatic rings. The van der Waals surface area contributed by atoms with Crippen LogP contribution < -0.4 is 15.4 Å². The molecule has 0 aliphatic heterocycles. The van der Waals surface area contributed by atoms with Gasteiger partial charge in [-0.15, -0.1) is 11.3 Å². The Morgan fingerprint density at radius 1 is 1.44 bits per heavy atom. The molecule has 1 unspecified atom stereocenters. The van der Waals surface area contributed by atoms with Crippen molar-refractivity contribution >= 4 is 28.8 Å². The van der Waals surface area contributed by atoms with E-state index in [-0.39, 0.29) is 34.4 Å². The number of carbonyl (C=O) groups is 1. The second-order valence-electron chi connectivity index (χ2n) is 7.34. The van der Waals surface area contributed by atoms with Gasteiger partial charge in [-0.05, 0) is 38.3 Å². The summed E-state index contributed by atoms with van der Waals surface area (Å²) in [5.74, 6) is -0.588. The summed E-state index contributed by atoms with van der Waals surface area (Å²) in [5, 5.41) is 16.5. The number of aryl methyl sites for hydroxylation is 1. The van der Waals surface area contributed by atoms with Crippen LogP contribution in [0, 0.1) is 12.7 Å². The van der Waals surface area contributed by atoms with E-state index in [0.717, 1.165) is 30.2 Å². The number of aromatic nitrogens is 1. The lowest BCUT2D eigenvalue weighted by molar-refractivity contribution is -0.151. The fourth-order valence-electron chi connectivity index (χ4n) is 4.06. The lowest BCUT2D eigenvalue weighted by Crippen LogP contribution is -2.83. The van der Waals surface area contributed by atoms with E-state index >= 15 is 0 Å². The number of halogens is 2. The number of rotatable bonds is 7. The number of benzene rings is 1. The maximum Gasteiger partial charge on any atom is 0.258 e. The molecule has 1 amide bonds. The number of thiazole rings is 1. The Hall–Kier alpha value is -1.74. The zero-order valence-electron chi connectivity index (χ0n) is 14.6. The molecule has 3 saturated carbocycles. The van der Waals surface area contributed by atoms with Crippen LogP contribution >= 0.6 is 22.9 Å². The average Bonchev–Trinajstić information content (AvgIpc) is 2.99. The molecule has 0 spiro atoms. The standard InChI is InChI=1S/C18H19ClFN3O3S/c1-10-15(21-9-27-10)16(25)23-18-6-17(7-18,8-18)22-14(24)5-26-11-2-3-12(19)13(20)4-11/h2-4,9,16,23,25H,5-8H2,1H3,(H,22,24). The first-order chi connectivity index (χ1) is 12.8. The van der Waals surface area contributed by atoms with Crippen LogP contribution in [0.1, 0.15) is 36.1 Å². The van der Waals surface area contributed by atoms with Gasteiger partial charge in [-0.25, -0.2) is 9.37 Å². The highest BCUT2D eigenvalue weighted by molar-refractivity contribution is 7.09. The molecule has 5 rings (SSSR count). The first-order valence-corrected chi connectivity index (χ1v) is 9.80. The summed E-state index contributed by atoms with van der Waals surface area (Å²) in [6.45, 7) is 1.73. The van der Waals surface area contributed by atoms with Crippen LogP contribution in [0.15, 0.2) is 23.7 Å². The van der Waals surface area contributed by atoms with E-state index in [1.807, 2.05) is 6.92 Å². The lowest BCUT2D eigenvalue weighted by Gasteiger charge is -2.71. The predicted octanol–water partition coefficient (Wildman–Crippen LogP) is 2.69. The predicted molar refractivity (Wildman–Crippen MR) is 99.3 cm³/mol. The second kappa shape index (κ2) is 6.70. The Balaban J connectivity index is 1.24. The van der Waals surface area contributed by atoms with Crippen molar-refractivity contribution in [2.45, 2.75) is 43.5 Å². The number of carbonyl (C=O) groups excluding carboxylic acids is 1. The highest BCUT2D eigenvalue weighted by Crippen LogP contribution is 2.61. The lowest BCUT2D eigenvalue weighted by atomic mass is 9.44. The van der Waals surface area contributed by atoms with Gasteiger partial charge in [-0.2, -0.15) is 0 Å². The Labute approximate surface area is 164 Å². The number of amides is 1. The van der Waals surface area contributed by atoms with Gasteiger partial charge < -0.3 is 15.2 Å². The third kappa shape index (κ3) is 3.54. The highest BCUT2D eigenvalue weighted by atomic mass is 35.5. The van der Waals surface area contributed by atoms with Gasteiger partial charge in [0.1, 0.15) is 17.8 Å². The molecule has 3 aliphatic carbocycles. The summed E-state index contributed by atoms with van der Waals surface area (Å²) in [6.07, 6.45) is 1.46. The maximum absolute atomic E-state index is 13.4. The number of hydrogen-bond acceptors (Lipinski definition) is 6. The first kappa shape index (κ1) is 18.6. The van der Waals surface area contributed by atoms with Crippen LogP contribution in [0.5, 0.6) is 5.75 Å². The molecule has 144 valence electrons. The molecule has 1 heterocycles. The van der Waals surface area contributed by atoms with E-state index in [2.05, 4.69) is 15.6 Å². The first-order valence-electron chi connectivity index (χ1n) is 8.54. The zero-order valence-corrected chi connectivity index (χ0v) is 16.2. The number of ether oxygens (including phenoxy) is 1. The molecular formula is C18H19ClFN3O3S. The largest absolute Gasteiger partial charge is 0.484 e. The van der Waals surface area contributed by atoms with Crippen LogP contribution in [0.2, 0.25) is 5.02 Å². The fraction of sp³-hybridized carbons (Fsp3) is 0.444. The molecule has 1 atom stereocenters. The van der Waals surface area contributed by atoms with E-state index in [9.17, 15) is 14.3 Å². The molecule has 0 saturated heterocycles. The van der Waals surface area contributed by atoms with Crippen LogP contribution in [0.3, 0.4) is 0 Å². The normalized spacial score (nSPS) is 26.7. The second-order valence-corrected chi connectivity index (χ2v) is 8.81. The SMILES string of the molecule is Cc1scnc1C(O)NC12CC(NC(=O)COc3ccc(Cl)c(F)c3)(C1)C2. The highest BCUT2D eigenvalue weighted by Gasteiger charge is 2.69. The molecule has 1 aromatic heterocycles. The summed E-state index contributed by atoms with van der Waals surface area (Å²) in [4.78, 5) is 17.3. The Morgan fingerprint density at radius 2 is 2.19 bits per heavy atom. The van der Waals surface area contributed by atoms with Gasteiger partial charge in [-0.1, -0.05) is 11.6 Å². The monoisotopic (exact) mass is 411 g/mol. The summed E-state index contributed by atoms with van der Waals surface area (Å²) in [7, 11) is 0. The van der Waals surface area contributed by atoms with Gasteiger partial charge in [0.25, 0.3) is 5.91 Å². The van der Waals surface area contributed by atoms with E-state index < -0.39 is 12.0 Å². The van der Waals surface area contributed by atoms with Gasteiger partial charge in [0.2, 0.25) is 0 Å². The summed E-state index contributed by atoms with van der Waals surface area (Å²) >= 11 is 7.11. The van der Waals surface area contributed by atoms with Crippen molar-refractivity contribution in [3.8, 4) is 5.75 Å². The van der Waals surface area contributed by atoms with Gasteiger partial charge in [0.15, 0.2) is 6.61 Å². The van der Waals surface area contributed by atoms with Gasteiger partial charge in [0, 0.05) is 22.0 Å². The molecule has 27 heavy (non-hydrogen) atoms. The van der Waals surface area contributed by atoms with Crippen molar-refractivity contribution in [1.29, 1.82) is 0 Å². The van der Waals surface area contributed by atoms with E-state index in [1.165, 1.54) is 23.5 Å². The van der Waals surface area contributed by atoms with E-state index in [0.29, 0.717) is 5.69 Å². The van der Waals surface area contributed by atoms with Gasteiger partial charge in [-0.3, -0.25) is 10.1 Å². The number of nitrogens with one attached hydrogen (secondary N) is 2. The zero-order chi connectivity index (χ0) is 19.2. The average molecular weight is 412 g/mol. The van der Waals surface area contributed by atoms with Crippen molar-refractivity contribution in [3.63, 3.8) is 0 Å². The third-order valence-corrected chi connectivity index (χ3v) is 6.26. The van der Waals surface area contributed by atoms with Crippen LogP contribution in [0.25, 0.3) is 0 Å². The van der Waals surface area contributed by atoms with Crippen LogP contribution in [-0.4, -0.2) is 33.7 Å². The van der Waals surface area contributed by atoms with E-state index in [4.69, 9.17) is 16.3 Å². The summed E-state index contributed by atoms with van der Waals surface area (Å²) in [6, 6.07) is 4.05. The summed E-state index contributed by atoms with van der Waals surface area (Å²) < 4.78 is 18.7. The number of hydrogen-bond donors (Lipinski definition) is 3. The van der Waals surface area contributed by atoms with Crippen molar-refractivity contribution in [2.24, 2.45) is 0 Å². The molecule has 3 aliphatic rings. The molecule has 2 bridgehead atoms. The van der Waals surface area contributed by atoms with Gasteiger partial charge in [0.05, 0.1) is 16.2 Å². The number of nitrogens with zero attached hydrogens (tertiary/aromatic N) is 1. The van der Waals surface area contributed by atoms with Gasteiger partial charge >= 0.3 is 0 Å². The quantitative estimate of drug-likeness (QED) is 0.610. The Morgan fingerprint density at radius 3 is 2.81 bits per heavy atom. The van der Waals surface area contributed by atoms with E-state index in [1.54, 1.807) is 5.51 Å². The van der Waals surface area contributed by atoms with Crippen LogP contribution in [0.4, 0.5) is 4.39 Å². The molecule has 3 fully saturated rings. The minimum atomic E-state index is -0.798. The maximum atomic E-state index is 13.4. The minimum Gasteiger partial charge on any atom is -0.484 e. The molecule has 1 aromatic carbocycles. The Kier molecular flexibility index (Phi) is 4.62. The molecular weight excluding hydrogens is 393 g/mol. The smallest absolute Gasteiger partial charge is 0.258 e. The molecule has 0 radical (unpaired) electrons. The van der Waals surface area contributed by atoms with Crippen molar-refractivity contribution in [1.82, 2.24) is 15.6 Å². The van der Waals surface area contributed by atoms with Crippen molar-refractivity contribution < 1.29 is 19.0 Å². The summed E-state index contributed by atoms with van der Waals surface area (Å²) in [5.41, 5.74) is 1.98. The number of aliphatic hydroxyl groups excluding tert-OH is 1. The fourth-order valence-corrected chi connectivity index (χ4v) is 4.78.